The van der Waals surface area contributed by atoms with Crippen LogP contribution in [0.5, 0.6) is 0 Å². The van der Waals surface area contributed by atoms with Gasteiger partial charge in [-0.3, -0.25) is 9.69 Å². The van der Waals surface area contributed by atoms with E-state index < -0.39 is 18.3 Å². The molecule has 1 aromatic heterocycles. The summed E-state index contributed by atoms with van der Waals surface area (Å²) in [5.74, 6) is -3.76. The van der Waals surface area contributed by atoms with Gasteiger partial charge in [0.2, 0.25) is 5.89 Å². The SMILES string of the molecule is CCc1nnc(Nc2cc(C)cc(CN3CCN(C(=O)C(F)(F)CC)CC3)c2C)o1. The minimum Gasteiger partial charge on any atom is -0.408 e. The van der Waals surface area contributed by atoms with Crippen LogP contribution in [0.1, 0.15) is 42.8 Å². The average molecular weight is 421 g/mol. The van der Waals surface area contributed by atoms with Crippen LogP contribution in [-0.4, -0.2) is 58.0 Å². The largest absolute Gasteiger partial charge is 0.408 e. The molecule has 1 aliphatic heterocycles. The van der Waals surface area contributed by atoms with Gasteiger partial charge in [-0.15, -0.1) is 5.10 Å². The van der Waals surface area contributed by atoms with E-state index in [4.69, 9.17) is 4.42 Å². The van der Waals surface area contributed by atoms with Crippen molar-refractivity contribution in [2.24, 2.45) is 0 Å². The fourth-order valence-corrected chi connectivity index (χ4v) is 3.52. The molecule has 0 radical (unpaired) electrons. The predicted octanol–water partition coefficient (Wildman–Crippen LogP) is 3.68. The number of amides is 1. The molecule has 3 rings (SSSR count). The molecule has 0 atom stereocenters. The molecule has 1 fully saturated rings. The summed E-state index contributed by atoms with van der Waals surface area (Å²) < 4.78 is 32.9. The van der Waals surface area contributed by atoms with E-state index in [9.17, 15) is 13.6 Å². The van der Waals surface area contributed by atoms with Gasteiger partial charge in [0.25, 0.3) is 5.91 Å². The van der Waals surface area contributed by atoms with Crippen molar-refractivity contribution in [3.8, 4) is 0 Å². The van der Waals surface area contributed by atoms with Crippen LogP contribution in [-0.2, 0) is 17.8 Å². The summed E-state index contributed by atoms with van der Waals surface area (Å²) in [6, 6.07) is 4.50. The molecule has 164 valence electrons. The van der Waals surface area contributed by atoms with Crippen LogP contribution in [0.25, 0.3) is 0 Å². The zero-order valence-corrected chi connectivity index (χ0v) is 18.0. The Balaban J connectivity index is 1.66. The van der Waals surface area contributed by atoms with Crippen molar-refractivity contribution in [1.82, 2.24) is 20.0 Å². The smallest absolute Gasteiger partial charge is 0.324 e. The highest BCUT2D eigenvalue weighted by molar-refractivity contribution is 5.83. The second kappa shape index (κ2) is 9.07. The summed E-state index contributed by atoms with van der Waals surface area (Å²) in [5, 5.41) is 11.2. The van der Waals surface area contributed by atoms with Gasteiger partial charge in [-0.1, -0.05) is 25.0 Å². The molecule has 0 saturated carbocycles. The summed E-state index contributed by atoms with van der Waals surface area (Å²) in [4.78, 5) is 15.4. The normalized spacial score (nSPS) is 15.5. The van der Waals surface area contributed by atoms with Crippen LogP contribution >= 0.6 is 0 Å². The summed E-state index contributed by atoms with van der Waals surface area (Å²) in [6.07, 6.45) is 0.204. The number of anilines is 2. The summed E-state index contributed by atoms with van der Waals surface area (Å²) in [7, 11) is 0. The number of piperazine rings is 1. The third kappa shape index (κ3) is 4.95. The molecule has 1 aromatic carbocycles. The quantitative estimate of drug-likeness (QED) is 0.735. The van der Waals surface area contributed by atoms with Crippen molar-refractivity contribution in [3.05, 3.63) is 34.7 Å². The number of rotatable bonds is 7. The number of aryl methyl sites for hydroxylation is 2. The number of carbonyl (C=O) groups excluding carboxylic acids is 1. The molecule has 0 unspecified atom stereocenters. The van der Waals surface area contributed by atoms with Crippen molar-refractivity contribution in [2.75, 3.05) is 31.5 Å². The number of alkyl halides is 2. The molecule has 1 amide bonds. The monoisotopic (exact) mass is 421 g/mol. The first-order valence-corrected chi connectivity index (χ1v) is 10.3. The first-order chi connectivity index (χ1) is 14.2. The van der Waals surface area contributed by atoms with Crippen LogP contribution in [0.15, 0.2) is 16.5 Å². The standard InChI is InChI=1S/C21H29F2N5O2/c1-5-18-25-26-20(30-18)24-17-12-14(3)11-16(15(17)4)13-27-7-9-28(10-8-27)19(29)21(22,23)6-2/h11-12H,5-10,13H2,1-4H3,(H,24,26). The molecule has 1 saturated heterocycles. The number of nitrogens with one attached hydrogen (secondary N) is 1. The molecule has 1 N–H and O–H groups in total. The van der Waals surface area contributed by atoms with Crippen LogP contribution in [0.2, 0.25) is 0 Å². The number of hydrogen-bond donors (Lipinski definition) is 1. The second-order valence-corrected chi connectivity index (χ2v) is 7.70. The number of hydrogen-bond acceptors (Lipinski definition) is 6. The highest BCUT2D eigenvalue weighted by Crippen LogP contribution is 2.27. The molecular formula is C21H29F2N5O2. The maximum absolute atomic E-state index is 13.7. The third-order valence-electron chi connectivity index (χ3n) is 5.48. The van der Waals surface area contributed by atoms with Gasteiger partial charge in [-0.25, -0.2) is 0 Å². The maximum atomic E-state index is 13.7. The van der Waals surface area contributed by atoms with Crippen molar-refractivity contribution >= 4 is 17.6 Å². The average Bonchev–Trinajstić information content (AvgIpc) is 3.19. The molecule has 2 aromatic rings. The second-order valence-electron chi connectivity index (χ2n) is 7.70. The van der Waals surface area contributed by atoms with E-state index in [1.165, 1.54) is 11.8 Å². The van der Waals surface area contributed by atoms with Crippen LogP contribution in [0.3, 0.4) is 0 Å². The summed E-state index contributed by atoms with van der Waals surface area (Å²) in [6.45, 7) is 9.74. The van der Waals surface area contributed by atoms with Crippen molar-refractivity contribution in [2.45, 2.75) is 53.0 Å². The van der Waals surface area contributed by atoms with E-state index in [1.807, 2.05) is 26.8 Å². The van der Waals surface area contributed by atoms with Gasteiger partial charge < -0.3 is 14.6 Å². The molecule has 9 heteroatoms. The first kappa shape index (κ1) is 22.1. The molecule has 0 spiro atoms. The third-order valence-corrected chi connectivity index (χ3v) is 5.48. The predicted molar refractivity (Wildman–Crippen MR) is 110 cm³/mol. The van der Waals surface area contributed by atoms with Crippen molar-refractivity contribution in [3.63, 3.8) is 0 Å². The highest BCUT2D eigenvalue weighted by Gasteiger charge is 2.40. The Kier molecular flexibility index (Phi) is 6.70. The fourth-order valence-electron chi connectivity index (χ4n) is 3.52. The number of carbonyl (C=O) groups is 1. The Labute approximate surface area is 175 Å². The maximum Gasteiger partial charge on any atom is 0.324 e. The lowest BCUT2D eigenvalue weighted by Crippen LogP contribution is -2.52. The molecular weight excluding hydrogens is 392 g/mol. The van der Waals surface area contributed by atoms with Crippen LogP contribution in [0, 0.1) is 13.8 Å². The van der Waals surface area contributed by atoms with E-state index in [1.54, 1.807) is 0 Å². The van der Waals surface area contributed by atoms with Crippen molar-refractivity contribution < 1.29 is 18.0 Å². The van der Waals surface area contributed by atoms with Crippen molar-refractivity contribution in [1.29, 1.82) is 0 Å². The lowest BCUT2D eigenvalue weighted by atomic mass is 10.0. The zero-order chi connectivity index (χ0) is 21.9. The fraction of sp³-hybridized carbons (Fsp3) is 0.571. The zero-order valence-electron chi connectivity index (χ0n) is 18.0. The van der Waals surface area contributed by atoms with Gasteiger partial charge in [-0.05, 0) is 36.6 Å². The Morgan fingerprint density at radius 2 is 1.87 bits per heavy atom. The Bertz CT molecular complexity index is 892. The number of benzene rings is 1. The van der Waals surface area contributed by atoms with Gasteiger partial charge in [-0.2, -0.15) is 8.78 Å². The van der Waals surface area contributed by atoms with Gasteiger partial charge in [0.05, 0.1) is 0 Å². The molecule has 7 nitrogen and oxygen atoms in total. The lowest BCUT2D eigenvalue weighted by Gasteiger charge is -2.36. The molecule has 30 heavy (non-hydrogen) atoms. The molecule has 1 aliphatic rings. The summed E-state index contributed by atoms with van der Waals surface area (Å²) in [5.41, 5.74) is 4.18. The van der Waals surface area contributed by atoms with Gasteiger partial charge in [0.1, 0.15) is 0 Å². The summed E-state index contributed by atoms with van der Waals surface area (Å²) >= 11 is 0. The van der Waals surface area contributed by atoms with Gasteiger partial charge in [0, 0.05) is 51.3 Å². The van der Waals surface area contributed by atoms with E-state index in [2.05, 4.69) is 26.5 Å². The van der Waals surface area contributed by atoms with Crippen LogP contribution in [0.4, 0.5) is 20.5 Å². The molecule has 2 heterocycles. The van der Waals surface area contributed by atoms with E-state index >= 15 is 0 Å². The Morgan fingerprint density at radius 3 is 2.47 bits per heavy atom. The topological polar surface area (TPSA) is 74.5 Å². The minimum atomic E-state index is -3.28. The molecule has 0 bridgehead atoms. The highest BCUT2D eigenvalue weighted by atomic mass is 19.3. The van der Waals surface area contributed by atoms with E-state index in [-0.39, 0.29) is 0 Å². The first-order valence-electron chi connectivity index (χ1n) is 10.3. The van der Waals surface area contributed by atoms with E-state index in [0.717, 1.165) is 22.4 Å². The molecule has 0 aliphatic carbocycles. The van der Waals surface area contributed by atoms with Crippen LogP contribution < -0.4 is 5.32 Å². The Hall–Kier alpha value is -2.55. The number of halogens is 2. The van der Waals surface area contributed by atoms with E-state index in [0.29, 0.717) is 51.0 Å². The minimum absolute atomic E-state index is 0.312. The Morgan fingerprint density at radius 1 is 1.17 bits per heavy atom. The lowest BCUT2D eigenvalue weighted by molar-refractivity contribution is -0.159. The number of aromatic nitrogens is 2. The van der Waals surface area contributed by atoms with Gasteiger partial charge in [0.15, 0.2) is 0 Å². The van der Waals surface area contributed by atoms with Gasteiger partial charge >= 0.3 is 11.9 Å². The number of nitrogens with zero attached hydrogens (tertiary/aromatic N) is 4.